The normalized spacial score (nSPS) is 13.9. The highest BCUT2D eigenvalue weighted by molar-refractivity contribution is 9.10. The van der Waals surface area contributed by atoms with Gasteiger partial charge in [0.2, 0.25) is 0 Å². The molecule has 9 heteroatoms. The molecule has 3 heterocycles. The number of ether oxygens (including phenoxy) is 2. The average molecular weight is 451 g/mol. The number of aromatic nitrogens is 2. The van der Waals surface area contributed by atoms with Crippen molar-refractivity contribution >= 4 is 38.3 Å². The van der Waals surface area contributed by atoms with Crippen molar-refractivity contribution in [3.63, 3.8) is 0 Å². The molecule has 2 aromatic heterocycles. The summed E-state index contributed by atoms with van der Waals surface area (Å²) in [6.45, 7) is 4.24. The zero-order chi connectivity index (χ0) is 20.2. The molecule has 0 spiro atoms. The molecule has 3 aromatic rings. The van der Waals surface area contributed by atoms with Crippen LogP contribution in [0, 0.1) is 11.6 Å². The minimum Gasteiger partial charge on any atom is -0.493 e. The summed E-state index contributed by atoms with van der Waals surface area (Å²) in [6.07, 6.45) is 3.48. The van der Waals surface area contributed by atoms with Gasteiger partial charge in [-0.25, -0.2) is 13.8 Å². The van der Waals surface area contributed by atoms with E-state index < -0.39 is 11.6 Å². The van der Waals surface area contributed by atoms with Crippen LogP contribution in [0.3, 0.4) is 0 Å². The van der Waals surface area contributed by atoms with Crippen LogP contribution in [0.1, 0.15) is 5.56 Å². The number of halogens is 3. The van der Waals surface area contributed by atoms with Crippen LogP contribution in [-0.4, -0.2) is 31.2 Å². The molecule has 0 amide bonds. The van der Waals surface area contributed by atoms with Crippen molar-refractivity contribution in [3.05, 3.63) is 52.5 Å². The second-order valence-corrected chi connectivity index (χ2v) is 7.17. The molecular formula is C19H17BrF2N4O2. The van der Waals surface area contributed by atoms with Gasteiger partial charge in [0.05, 0.1) is 31.8 Å². The lowest BCUT2D eigenvalue weighted by molar-refractivity contribution is 0.358. The number of pyridine rings is 1. The van der Waals surface area contributed by atoms with Gasteiger partial charge in [0.1, 0.15) is 17.2 Å². The molecule has 28 heavy (non-hydrogen) atoms. The Labute approximate surface area is 168 Å². The topological polar surface area (TPSA) is 53.6 Å². The average Bonchev–Trinajstić information content (AvgIpc) is 3.06. The maximum absolute atomic E-state index is 15.0. The number of fused-ring (bicyclic) bond motifs is 3. The molecule has 4 rings (SSSR count). The molecule has 0 saturated carbocycles. The molecule has 1 N–H and O–H groups in total. The van der Waals surface area contributed by atoms with Crippen LogP contribution < -0.4 is 19.3 Å². The van der Waals surface area contributed by atoms with Crippen molar-refractivity contribution in [1.82, 2.24) is 9.97 Å². The van der Waals surface area contributed by atoms with E-state index in [4.69, 9.17) is 9.47 Å². The summed E-state index contributed by atoms with van der Waals surface area (Å²) in [5.41, 5.74) is 2.09. The Morgan fingerprint density at radius 3 is 2.43 bits per heavy atom. The third-order valence-electron chi connectivity index (χ3n) is 4.88. The second kappa shape index (κ2) is 6.66. The number of benzene rings is 1. The Kier molecular flexibility index (Phi) is 4.41. The van der Waals surface area contributed by atoms with Gasteiger partial charge in [-0.15, -0.1) is 0 Å². The van der Waals surface area contributed by atoms with E-state index in [0.717, 1.165) is 21.1 Å². The zero-order valence-electron chi connectivity index (χ0n) is 15.4. The Bertz CT molecular complexity index is 1090. The first-order chi connectivity index (χ1) is 13.4. The third-order valence-corrected chi connectivity index (χ3v) is 5.51. The molecule has 0 aliphatic carbocycles. The van der Waals surface area contributed by atoms with Gasteiger partial charge in [-0.2, -0.15) is 0 Å². The SMILES string of the molecule is C=C1N(C)c2c(cnc3[nH]cc(Br)c23)CN1c1c(F)c(OC)cc(OC)c1F. The molecule has 0 atom stereocenters. The minimum absolute atomic E-state index is 0.114. The maximum Gasteiger partial charge on any atom is 0.191 e. The highest BCUT2D eigenvalue weighted by Crippen LogP contribution is 2.44. The lowest BCUT2D eigenvalue weighted by atomic mass is 10.1. The van der Waals surface area contributed by atoms with E-state index in [1.807, 2.05) is 0 Å². The molecule has 0 saturated heterocycles. The van der Waals surface area contributed by atoms with Gasteiger partial charge in [0.15, 0.2) is 23.1 Å². The Morgan fingerprint density at radius 2 is 1.82 bits per heavy atom. The van der Waals surface area contributed by atoms with E-state index in [1.54, 1.807) is 24.3 Å². The second-order valence-electron chi connectivity index (χ2n) is 6.31. The van der Waals surface area contributed by atoms with Crippen LogP contribution in [0.15, 0.2) is 35.3 Å². The molecule has 146 valence electrons. The van der Waals surface area contributed by atoms with Crippen LogP contribution in [0.5, 0.6) is 11.5 Å². The maximum atomic E-state index is 15.0. The summed E-state index contributed by atoms with van der Waals surface area (Å²) in [4.78, 5) is 10.7. The van der Waals surface area contributed by atoms with Crippen molar-refractivity contribution in [3.8, 4) is 11.5 Å². The number of nitrogens with zero attached hydrogens (tertiary/aromatic N) is 3. The molecule has 1 aliphatic rings. The molecule has 0 bridgehead atoms. The first kappa shape index (κ1) is 18.5. The number of nitrogens with one attached hydrogen (secondary N) is 1. The molecule has 1 aliphatic heterocycles. The summed E-state index contributed by atoms with van der Waals surface area (Å²) in [6, 6.07) is 1.18. The lowest BCUT2D eigenvalue weighted by Crippen LogP contribution is -2.38. The largest absolute Gasteiger partial charge is 0.493 e. The molecule has 1 aromatic carbocycles. The number of hydrogen-bond donors (Lipinski definition) is 1. The fourth-order valence-electron chi connectivity index (χ4n) is 3.47. The van der Waals surface area contributed by atoms with E-state index in [0.29, 0.717) is 11.5 Å². The Morgan fingerprint density at radius 1 is 1.18 bits per heavy atom. The van der Waals surface area contributed by atoms with Crippen molar-refractivity contribution in [2.24, 2.45) is 0 Å². The summed E-state index contributed by atoms with van der Waals surface area (Å²) in [5.74, 6) is -1.47. The Balaban J connectivity index is 1.92. The van der Waals surface area contributed by atoms with Crippen molar-refractivity contribution < 1.29 is 18.3 Å². The highest BCUT2D eigenvalue weighted by Gasteiger charge is 2.33. The van der Waals surface area contributed by atoms with Gasteiger partial charge in [-0.1, -0.05) is 6.58 Å². The zero-order valence-corrected chi connectivity index (χ0v) is 17.0. The molecule has 0 unspecified atom stereocenters. The third kappa shape index (κ3) is 2.53. The first-order valence-electron chi connectivity index (χ1n) is 8.33. The predicted molar refractivity (Wildman–Crippen MR) is 107 cm³/mol. The number of methoxy groups -OCH3 is 2. The standard InChI is InChI=1S/C19H17BrF2N4O2/c1-9-25(2)17-10(6-23-19-14(17)11(20)7-24-19)8-26(9)18-15(21)12(27-3)5-13(28-4)16(18)22/h5-7H,1,8H2,2-4H3,(H,23,24). The first-order valence-corrected chi connectivity index (χ1v) is 9.12. The number of anilines is 2. The van der Waals surface area contributed by atoms with E-state index in [1.165, 1.54) is 25.2 Å². The summed E-state index contributed by atoms with van der Waals surface area (Å²) < 4.78 is 41.0. The monoisotopic (exact) mass is 450 g/mol. The van der Waals surface area contributed by atoms with E-state index in [-0.39, 0.29) is 23.7 Å². The fourth-order valence-corrected chi connectivity index (χ4v) is 3.96. The quantitative estimate of drug-likeness (QED) is 0.634. The van der Waals surface area contributed by atoms with E-state index >= 15 is 8.78 Å². The number of hydrogen-bond acceptors (Lipinski definition) is 5. The lowest BCUT2D eigenvalue weighted by Gasteiger charge is -2.39. The van der Waals surface area contributed by atoms with Crippen LogP contribution >= 0.6 is 15.9 Å². The summed E-state index contributed by atoms with van der Waals surface area (Å²) >= 11 is 3.52. The van der Waals surface area contributed by atoms with E-state index in [2.05, 4.69) is 32.5 Å². The van der Waals surface area contributed by atoms with Crippen LogP contribution in [-0.2, 0) is 6.54 Å². The number of rotatable bonds is 3. The minimum atomic E-state index is -0.823. The van der Waals surface area contributed by atoms with Gasteiger partial charge in [-0.05, 0) is 15.9 Å². The number of aromatic amines is 1. The molecule has 6 nitrogen and oxygen atoms in total. The van der Waals surface area contributed by atoms with Gasteiger partial charge in [0.25, 0.3) is 0 Å². The Hall–Kier alpha value is -2.81. The summed E-state index contributed by atoms with van der Waals surface area (Å²) in [5, 5.41) is 0.880. The molecular weight excluding hydrogens is 434 g/mol. The van der Waals surface area contributed by atoms with Crippen molar-refractivity contribution in [1.29, 1.82) is 0 Å². The summed E-state index contributed by atoms with van der Waals surface area (Å²) in [7, 11) is 4.42. The number of H-pyrrole nitrogens is 1. The van der Waals surface area contributed by atoms with Gasteiger partial charge in [0, 0.05) is 35.5 Å². The van der Waals surface area contributed by atoms with Gasteiger partial charge in [-0.3, -0.25) is 0 Å². The predicted octanol–water partition coefficient (Wildman–Crippen LogP) is 4.55. The smallest absolute Gasteiger partial charge is 0.191 e. The van der Waals surface area contributed by atoms with Crippen molar-refractivity contribution in [2.45, 2.75) is 6.54 Å². The van der Waals surface area contributed by atoms with Gasteiger partial charge >= 0.3 is 0 Å². The van der Waals surface area contributed by atoms with E-state index in [9.17, 15) is 0 Å². The highest BCUT2D eigenvalue weighted by atomic mass is 79.9. The van der Waals surface area contributed by atoms with Crippen LogP contribution in [0.4, 0.5) is 20.2 Å². The van der Waals surface area contributed by atoms with Crippen LogP contribution in [0.25, 0.3) is 11.0 Å². The molecule has 0 fully saturated rings. The van der Waals surface area contributed by atoms with Crippen molar-refractivity contribution in [2.75, 3.05) is 31.1 Å². The van der Waals surface area contributed by atoms with Gasteiger partial charge < -0.3 is 24.3 Å². The molecule has 0 radical (unpaired) electrons. The van der Waals surface area contributed by atoms with Crippen LogP contribution in [0.2, 0.25) is 0 Å². The fraction of sp³-hybridized carbons (Fsp3) is 0.211.